The van der Waals surface area contributed by atoms with E-state index >= 15 is 0 Å². The Kier molecular flexibility index (Phi) is 11.9. The molecule has 2 heterocycles. The second-order valence-corrected chi connectivity index (χ2v) is 8.76. The topological polar surface area (TPSA) is 91.6 Å². The van der Waals surface area contributed by atoms with Gasteiger partial charge in [0.25, 0.3) is 11.8 Å². The molecule has 1 aliphatic rings. The molecule has 2 aromatic carbocycles. The fourth-order valence-corrected chi connectivity index (χ4v) is 3.86. The van der Waals surface area contributed by atoms with Gasteiger partial charge in [0.05, 0.1) is 0 Å². The van der Waals surface area contributed by atoms with Crippen molar-refractivity contribution in [3.63, 3.8) is 0 Å². The Labute approximate surface area is 235 Å². The summed E-state index contributed by atoms with van der Waals surface area (Å²) in [5, 5.41) is 12.6. The number of fused-ring (bicyclic) bond motifs is 1. The van der Waals surface area contributed by atoms with E-state index < -0.39 is 63.9 Å². The fraction of sp³-hybridized carbons (Fsp3) is 0.300. The van der Waals surface area contributed by atoms with E-state index in [2.05, 4.69) is 5.32 Å². The SMILES string of the molecule is CC.CC=CC.Cc1ccc(F)cc1CN1CCn2cc(C(=O)NCc3c(F)cc(F)cc3F)c(=O)c(O)c2C1=O. The Morgan fingerprint density at radius 3 is 2.17 bits per heavy atom. The first kappa shape index (κ1) is 32.8. The molecule has 0 radical (unpaired) electrons. The van der Waals surface area contributed by atoms with Crippen molar-refractivity contribution in [3.05, 3.63) is 110 Å². The molecule has 0 aliphatic carbocycles. The number of allylic oxidation sites excluding steroid dienone is 2. The summed E-state index contributed by atoms with van der Waals surface area (Å²) in [7, 11) is 0. The molecule has 2 amide bonds. The van der Waals surface area contributed by atoms with E-state index in [1.165, 1.54) is 21.6 Å². The molecule has 220 valence electrons. The molecule has 7 nitrogen and oxygen atoms in total. The lowest BCUT2D eigenvalue weighted by Crippen LogP contribution is -2.42. The summed E-state index contributed by atoms with van der Waals surface area (Å²) >= 11 is 0. The quantitative estimate of drug-likeness (QED) is 0.306. The average Bonchev–Trinajstić information content (AvgIpc) is 2.94. The summed E-state index contributed by atoms with van der Waals surface area (Å²) in [5.74, 6) is -6.71. The van der Waals surface area contributed by atoms with E-state index in [1.807, 2.05) is 39.8 Å². The minimum absolute atomic E-state index is 0.0487. The maximum atomic E-state index is 13.8. The summed E-state index contributed by atoms with van der Waals surface area (Å²) in [5.41, 5.74) is -1.32. The molecule has 0 spiro atoms. The number of aromatic nitrogens is 1. The van der Waals surface area contributed by atoms with E-state index in [0.29, 0.717) is 17.7 Å². The van der Waals surface area contributed by atoms with E-state index in [0.717, 1.165) is 11.8 Å². The van der Waals surface area contributed by atoms with Crippen molar-refractivity contribution in [2.24, 2.45) is 0 Å². The minimum atomic E-state index is -1.22. The molecule has 3 aromatic rings. The highest BCUT2D eigenvalue weighted by atomic mass is 19.1. The van der Waals surface area contributed by atoms with Gasteiger partial charge in [-0.15, -0.1) is 0 Å². The van der Waals surface area contributed by atoms with Crippen LogP contribution in [0.5, 0.6) is 5.75 Å². The highest BCUT2D eigenvalue weighted by Gasteiger charge is 2.31. The summed E-state index contributed by atoms with van der Waals surface area (Å²) in [4.78, 5) is 39.5. The molecule has 0 saturated carbocycles. The fourth-order valence-electron chi connectivity index (χ4n) is 3.86. The maximum absolute atomic E-state index is 13.8. The first-order valence-corrected chi connectivity index (χ1v) is 13.0. The summed E-state index contributed by atoms with van der Waals surface area (Å²) in [6, 6.07) is 5.07. The first-order valence-electron chi connectivity index (χ1n) is 13.0. The van der Waals surface area contributed by atoms with E-state index in [1.54, 1.807) is 13.0 Å². The molecule has 41 heavy (non-hydrogen) atoms. The Morgan fingerprint density at radius 1 is 0.976 bits per heavy atom. The van der Waals surface area contributed by atoms with Gasteiger partial charge < -0.3 is 19.9 Å². The Morgan fingerprint density at radius 2 is 1.59 bits per heavy atom. The lowest BCUT2D eigenvalue weighted by Gasteiger charge is -2.31. The lowest BCUT2D eigenvalue weighted by atomic mass is 10.1. The van der Waals surface area contributed by atoms with Crippen LogP contribution in [0.3, 0.4) is 0 Å². The number of hydrogen-bond acceptors (Lipinski definition) is 4. The van der Waals surface area contributed by atoms with Gasteiger partial charge in [0.2, 0.25) is 5.43 Å². The zero-order valence-electron chi connectivity index (χ0n) is 23.5. The van der Waals surface area contributed by atoms with Crippen LogP contribution in [0.2, 0.25) is 0 Å². The zero-order chi connectivity index (χ0) is 30.9. The highest BCUT2D eigenvalue weighted by molar-refractivity contribution is 5.99. The monoisotopic (exact) mass is 575 g/mol. The van der Waals surface area contributed by atoms with Crippen molar-refractivity contribution >= 4 is 11.8 Å². The predicted octanol–water partition coefficient (Wildman–Crippen LogP) is 5.61. The van der Waals surface area contributed by atoms with E-state index in [-0.39, 0.29) is 25.3 Å². The number of nitrogens with zero attached hydrogens (tertiary/aromatic N) is 2. The van der Waals surface area contributed by atoms with Gasteiger partial charge in [0.15, 0.2) is 11.4 Å². The van der Waals surface area contributed by atoms with Gasteiger partial charge in [-0.2, -0.15) is 0 Å². The van der Waals surface area contributed by atoms with Gasteiger partial charge in [-0.05, 0) is 44.0 Å². The molecule has 0 atom stereocenters. The molecular weight excluding hydrogens is 542 g/mol. The number of hydrogen-bond donors (Lipinski definition) is 2. The minimum Gasteiger partial charge on any atom is -0.503 e. The Hall–Kier alpha value is -4.41. The molecule has 0 unspecified atom stereocenters. The van der Waals surface area contributed by atoms with Gasteiger partial charge in [-0.1, -0.05) is 32.1 Å². The van der Waals surface area contributed by atoms with Gasteiger partial charge in [-0.25, -0.2) is 17.6 Å². The zero-order valence-corrected chi connectivity index (χ0v) is 23.5. The number of aromatic hydroxyl groups is 1. The van der Waals surface area contributed by atoms with Crippen molar-refractivity contribution in [2.45, 2.75) is 54.3 Å². The van der Waals surface area contributed by atoms with Crippen LogP contribution in [0, 0.1) is 30.2 Å². The first-order chi connectivity index (χ1) is 19.5. The third-order valence-electron chi connectivity index (χ3n) is 6.14. The number of rotatable bonds is 5. The van der Waals surface area contributed by atoms with Gasteiger partial charge in [0, 0.05) is 50.1 Å². The molecule has 0 fully saturated rings. The molecular formula is C30H33F4N3O4. The van der Waals surface area contributed by atoms with Crippen LogP contribution in [0.4, 0.5) is 17.6 Å². The van der Waals surface area contributed by atoms with Crippen LogP contribution in [0.25, 0.3) is 0 Å². The smallest absolute Gasteiger partial charge is 0.274 e. The van der Waals surface area contributed by atoms with Crippen molar-refractivity contribution in [1.82, 2.24) is 14.8 Å². The van der Waals surface area contributed by atoms with Gasteiger partial charge in [-0.3, -0.25) is 14.4 Å². The molecule has 2 N–H and O–H groups in total. The van der Waals surface area contributed by atoms with Crippen molar-refractivity contribution < 1.29 is 32.3 Å². The number of aryl methyl sites for hydroxylation is 1. The van der Waals surface area contributed by atoms with Crippen molar-refractivity contribution in [3.8, 4) is 5.75 Å². The second kappa shape index (κ2) is 14.8. The van der Waals surface area contributed by atoms with Gasteiger partial charge in [0.1, 0.15) is 28.8 Å². The molecule has 1 aliphatic heterocycles. The third kappa shape index (κ3) is 7.84. The van der Waals surface area contributed by atoms with E-state index in [4.69, 9.17) is 0 Å². The molecule has 0 saturated heterocycles. The summed E-state index contributed by atoms with van der Waals surface area (Å²) in [6.45, 7) is 9.39. The number of pyridine rings is 1. The van der Waals surface area contributed by atoms with Crippen LogP contribution in [0.1, 0.15) is 65.2 Å². The normalized spacial score (nSPS) is 12.2. The standard InChI is InChI=1S/C24H19F4N3O4.C4H8.C2H6/c1-12-2-3-14(25)6-13(12)10-31-5-4-30-11-17(21(32)22(33)20(30)24(31)35)23(34)29-9-16-18(27)7-15(26)8-19(16)28;1-3-4-2;1-2/h2-3,6-8,11,33H,4-5,9-10H2,1H3,(H,29,34);3-4H,1-2H3;1-2H3. The van der Waals surface area contributed by atoms with Gasteiger partial charge >= 0.3 is 0 Å². The van der Waals surface area contributed by atoms with Crippen LogP contribution in [0.15, 0.2) is 53.5 Å². The average molecular weight is 576 g/mol. The molecule has 4 rings (SSSR count). The lowest BCUT2D eigenvalue weighted by molar-refractivity contribution is 0.0681. The largest absolute Gasteiger partial charge is 0.503 e. The number of benzene rings is 2. The number of carbonyl (C=O) groups is 2. The highest BCUT2D eigenvalue weighted by Crippen LogP contribution is 2.23. The van der Waals surface area contributed by atoms with Crippen LogP contribution >= 0.6 is 0 Å². The van der Waals surface area contributed by atoms with Crippen LogP contribution < -0.4 is 10.7 Å². The predicted molar refractivity (Wildman–Crippen MR) is 148 cm³/mol. The molecule has 0 bridgehead atoms. The summed E-state index contributed by atoms with van der Waals surface area (Å²) in [6.07, 6.45) is 5.08. The Balaban J connectivity index is 0.000000902. The Bertz CT molecular complexity index is 1470. The van der Waals surface area contributed by atoms with Crippen LogP contribution in [-0.2, 0) is 19.6 Å². The van der Waals surface area contributed by atoms with Crippen LogP contribution in [-0.4, -0.2) is 32.9 Å². The van der Waals surface area contributed by atoms with E-state index in [9.17, 15) is 37.1 Å². The summed E-state index contributed by atoms with van der Waals surface area (Å²) < 4.78 is 55.6. The number of halogens is 4. The molecule has 1 aromatic heterocycles. The second-order valence-electron chi connectivity index (χ2n) is 8.76. The number of carbonyl (C=O) groups excluding carboxylic acids is 2. The third-order valence-corrected chi connectivity index (χ3v) is 6.14. The van der Waals surface area contributed by atoms with Crippen molar-refractivity contribution in [1.29, 1.82) is 0 Å². The number of nitrogens with one attached hydrogen (secondary N) is 1. The number of amides is 2. The van der Waals surface area contributed by atoms with Crippen molar-refractivity contribution in [2.75, 3.05) is 6.54 Å². The molecule has 11 heteroatoms. The maximum Gasteiger partial charge on any atom is 0.274 e.